The van der Waals surface area contributed by atoms with Crippen molar-refractivity contribution < 1.29 is 9.32 Å². The summed E-state index contributed by atoms with van der Waals surface area (Å²) in [5.41, 5.74) is 1.27. The molecule has 1 saturated heterocycles. The summed E-state index contributed by atoms with van der Waals surface area (Å²) < 4.78 is 5.04. The van der Waals surface area contributed by atoms with Crippen LogP contribution in [0.15, 0.2) is 23.0 Å². The van der Waals surface area contributed by atoms with Crippen molar-refractivity contribution in [2.75, 3.05) is 18.4 Å². The van der Waals surface area contributed by atoms with Crippen molar-refractivity contribution in [3.63, 3.8) is 0 Å². The van der Waals surface area contributed by atoms with Crippen LogP contribution in [-0.2, 0) is 4.79 Å². The molecule has 25 heavy (non-hydrogen) atoms. The van der Waals surface area contributed by atoms with Crippen LogP contribution in [0.5, 0.6) is 0 Å². The van der Waals surface area contributed by atoms with Crippen LogP contribution in [0.25, 0.3) is 0 Å². The molecule has 0 unspecified atom stereocenters. The number of likely N-dealkylation sites (tertiary alicyclic amines) is 1. The van der Waals surface area contributed by atoms with Crippen molar-refractivity contribution in [2.45, 2.75) is 57.9 Å². The normalized spacial score (nSPS) is 17.5. The summed E-state index contributed by atoms with van der Waals surface area (Å²) in [4.78, 5) is 15.1. The number of amides is 1. The Morgan fingerprint density at radius 3 is 2.88 bits per heavy atom. The van der Waals surface area contributed by atoms with E-state index in [0.29, 0.717) is 17.5 Å². The molecule has 1 aliphatic heterocycles. The molecule has 0 spiro atoms. The lowest BCUT2D eigenvalue weighted by Gasteiger charge is -2.36. The minimum Gasteiger partial charge on any atom is -0.360 e. The number of piperidine rings is 1. The molecule has 7 nitrogen and oxygen atoms in total. The van der Waals surface area contributed by atoms with Gasteiger partial charge >= 0.3 is 0 Å². The second-order valence-electron chi connectivity index (χ2n) is 6.81. The highest BCUT2D eigenvalue weighted by molar-refractivity contribution is 5.94. The van der Waals surface area contributed by atoms with Gasteiger partial charge in [0.15, 0.2) is 5.82 Å². The van der Waals surface area contributed by atoms with Crippen molar-refractivity contribution in [1.82, 2.24) is 20.3 Å². The second kappa shape index (κ2) is 8.29. The summed E-state index contributed by atoms with van der Waals surface area (Å²) in [6.45, 7) is 5.82. The molecule has 0 bridgehead atoms. The molecule has 1 aliphatic rings. The van der Waals surface area contributed by atoms with E-state index in [4.69, 9.17) is 4.52 Å². The zero-order valence-electron chi connectivity index (χ0n) is 15.0. The maximum atomic E-state index is 12.8. The van der Waals surface area contributed by atoms with Crippen LogP contribution < -0.4 is 5.32 Å². The molecule has 3 rings (SSSR count). The summed E-state index contributed by atoms with van der Waals surface area (Å²) >= 11 is 0. The highest BCUT2D eigenvalue weighted by Crippen LogP contribution is 2.29. The van der Waals surface area contributed by atoms with Crippen molar-refractivity contribution in [2.24, 2.45) is 0 Å². The highest BCUT2D eigenvalue weighted by atomic mass is 16.5. The van der Waals surface area contributed by atoms with E-state index in [2.05, 4.69) is 32.5 Å². The topological polar surface area (TPSA) is 87.1 Å². The van der Waals surface area contributed by atoms with E-state index in [1.807, 2.05) is 19.3 Å². The van der Waals surface area contributed by atoms with E-state index in [1.165, 1.54) is 5.56 Å². The number of aromatic nitrogens is 3. The van der Waals surface area contributed by atoms with Gasteiger partial charge in [-0.05, 0) is 50.8 Å². The van der Waals surface area contributed by atoms with Gasteiger partial charge in [0.2, 0.25) is 5.91 Å². The number of anilines is 1. The molecule has 0 aliphatic carbocycles. The number of carbonyl (C=O) groups excluding carboxylic acids is 1. The third kappa shape index (κ3) is 4.48. The molecule has 7 heteroatoms. The number of unbranched alkanes of at least 4 members (excludes halogenated alkanes) is 1. The Labute approximate surface area is 148 Å². The monoisotopic (exact) mass is 345 g/mol. The van der Waals surface area contributed by atoms with Crippen LogP contribution in [0.1, 0.15) is 56.3 Å². The van der Waals surface area contributed by atoms with Crippen LogP contribution in [0.3, 0.4) is 0 Å². The molecular weight excluding hydrogens is 318 g/mol. The SMILES string of the molecule is CCCC[C@@H](C(=O)Nc1cc(C)on1)N1CCC(c2cn[nH]c2)CC1. The lowest BCUT2D eigenvalue weighted by Crippen LogP contribution is -2.47. The molecule has 0 saturated carbocycles. The first-order valence-corrected chi connectivity index (χ1v) is 9.14. The first-order valence-electron chi connectivity index (χ1n) is 9.14. The molecule has 136 valence electrons. The largest absolute Gasteiger partial charge is 0.360 e. The van der Waals surface area contributed by atoms with Gasteiger partial charge in [-0.3, -0.25) is 14.8 Å². The average Bonchev–Trinajstić information content (AvgIpc) is 3.28. The van der Waals surface area contributed by atoms with Gasteiger partial charge in [0.05, 0.1) is 12.2 Å². The molecule has 2 N–H and O–H groups in total. The first kappa shape index (κ1) is 17.7. The van der Waals surface area contributed by atoms with E-state index in [0.717, 1.165) is 45.2 Å². The number of carbonyl (C=O) groups is 1. The maximum Gasteiger partial charge on any atom is 0.242 e. The predicted molar refractivity (Wildman–Crippen MR) is 95.3 cm³/mol. The van der Waals surface area contributed by atoms with Gasteiger partial charge in [0, 0.05) is 12.3 Å². The van der Waals surface area contributed by atoms with Crippen LogP contribution in [0, 0.1) is 6.92 Å². The Hall–Kier alpha value is -2.15. The number of nitrogens with one attached hydrogen (secondary N) is 2. The van der Waals surface area contributed by atoms with Gasteiger partial charge in [-0.15, -0.1) is 0 Å². The van der Waals surface area contributed by atoms with Crippen molar-refractivity contribution in [3.05, 3.63) is 29.8 Å². The minimum absolute atomic E-state index is 0.0171. The summed E-state index contributed by atoms with van der Waals surface area (Å²) in [5.74, 6) is 1.74. The van der Waals surface area contributed by atoms with Gasteiger partial charge in [0.25, 0.3) is 0 Å². The molecule has 1 fully saturated rings. The standard InChI is InChI=1S/C18H27N5O2/c1-3-4-5-16(18(24)21-17-10-13(2)25-22-17)23-8-6-14(7-9-23)15-11-19-20-12-15/h10-12,14,16H,3-9H2,1-2H3,(H,19,20)(H,21,22,24)/t16-/m0/s1. The average molecular weight is 345 g/mol. The van der Waals surface area contributed by atoms with Crippen molar-refractivity contribution in [1.29, 1.82) is 0 Å². The fourth-order valence-corrected chi connectivity index (χ4v) is 3.54. The molecule has 3 heterocycles. The van der Waals surface area contributed by atoms with Crippen LogP contribution in [-0.4, -0.2) is 45.3 Å². The fourth-order valence-electron chi connectivity index (χ4n) is 3.54. The first-order chi connectivity index (χ1) is 12.2. The Balaban J connectivity index is 1.61. The maximum absolute atomic E-state index is 12.8. The van der Waals surface area contributed by atoms with Gasteiger partial charge in [0.1, 0.15) is 5.76 Å². The smallest absolute Gasteiger partial charge is 0.242 e. The van der Waals surface area contributed by atoms with Crippen LogP contribution in [0.2, 0.25) is 0 Å². The number of aromatic amines is 1. The summed E-state index contributed by atoms with van der Waals surface area (Å²) in [6, 6.07) is 1.64. The Morgan fingerprint density at radius 2 is 2.28 bits per heavy atom. The highest BCUT2D eigenvalue weighted by Gasteiger charge is 2.30. The molecule has 0 aromatic carbocycles. The Kier molecular flexibility index (Phi) is 5.86. The van der Waals surface area contributed by atoms with Crippen molar-refractivity contribution in [3.8, 4) is 0 Å². The third-order valence-corrected chi connectivity index (χ3v) is 4.97. The fraction of sp³-hybridized carbons (Fsp3) is 0.611. The molecule has 0 radical (unpaired) electrons. The minimum atomic E-state index is -0.109. The van der Waals surface area contributed by atoms with Gasteiger partial charge in [-0.2, -0.15) is 5.10 Å². The predicted octanol–water partition coefficient (Wildman–Crippen LogP) is 3.08. The molecule has 2 aromatic heterocycles. The van der Waals surface area contributed by atoms with E-state index in [-0.39, 0.29) is 11.9 Å². The van der Waals surface area contributed by atoms with Gasteiger partial charge < -0.3 is 9.84 Å². The number of hydrogen-bond donors (Lipinski definition) is 2. The Bertz CT molecular complexity index is 659. The lowest BCUT2D eigenvalue weighted by molar-refractivity contribution is -0.122. The van der Waals surface area contributed by atoms with Crippen LogP contribution in [0.4, 0.5) is 5.82 Å². The van der Waals surface area contributed by atoms with Gasteiger partial charge in [-0.1, -0.05) is 24.9 Å². The van der Waals surface area contributed by atoms with E-state index >= 15 is 0 Å². The van der Waals surface area contributed by atoms with E-state index in [9.17, 15) is 4.79 Å². The quantitative estimate of drug-likeness (QED) is 0.805. The van der Waals surface area contributed by atoms with Gasteiger partial charge in [-0.25, -0.2) is 0 Å². The number of aryl methyl sites for hydroxylation is 1. The number of hydrogen-bond acceptors (Lipinski definition) is 5. The molecule has 2 aromatic rings. The zero-order valence-corrected chi connectivity index (χ0v) is 15.0. The van der Waals surface area contributed by atoms with Crippen LogP contribution >= 0.6 is 0 Å². The number of H-pyrrole nitrogens is 1. The molecule has 1 atom stereocenters. The lowest BCUT2D eigenvalue weighted by atomic mass is 9.90. The summed E-state index contributed by atoms with van der Waals surface area (Å²) in [5, 5.41) is 13.7. The van der Waals surface area contributed by atoms with E-state index < -0.39 is 0 Å². The van der Waals surface area contributed by atoms with E-state index in [1.54, 1.807) is 6.07 Å². The van der Waals surface area contributed by atoms with Crippen molar-refractivity contribution >= 4 is 11.7 Å². The summed E-state index contributed by atoms with van der Waals surface area (Å²) in [7, 11) is 0. The third-order valence-electron chi connectivity index (χ3n) is 4.97. The second-order valence-corrected chi connectivity index (χ2v) is 6.81. The molecular formula is C18H27N5O2. The number of rotatable bonds is 7. The number of nitrogens with zero attached hydrogens (tertiary/aromatic N) is 3. The zero-order chi connectivity index (χ0) is 17.6. The molecule has 1 amide bonds. The Morgan fingerprint density at radius 1 is 1.48 bits per heavy atom. The summed E-state index contributed by atoms with van der Waals surface area (Å²) in [6.07, 6.45) is 8.99.